The van der Waals surface area contributed by atoms with Crippen molar-refractivity contribution in [2.45, 2.75) is 45.3 Å². The van der Waals surface area contributed by atoms with Gasteiger partial charge in [-0.15, -0.1) is 0 Å². The minimum absolute atomic E-state index is 0.113. The molecule has 0 bridgehead atoms. The van der Waals surface area contributed by atoms with Crippen LogP contribution in [-0.2, 0) is 4.79 Å². The van der Waals surface area contributed by atoms with Gasteiger partial charge in [-0.2, -0.15) is 0 Å². The Labute approximate surface area is 108 Å². The Balaban J connectivity index is 2.48. The highest BCUT2D eigenvalue weighted by Crippen LogP contribution is 2.20. The van der Waals surface area contributed by atoms with Gasteiger partial charge in [0.2, 0.25) is 0 Å². The van der Waals surface area contributed by atoms with Crippen LogP contribution >= 0.6 is 0 Å². The van der Waals surface area contributed by atoms with E-state index < -0.39 is 5.97 Å². The number of ether oxygens (including phenoxy) is 1. The molecule has 0 aliphatic rings. The van der Waals surface area contributed by atoms with Gasteiger partial charge in [-0.1, -0.05) is 12.1 Å². The number of rotatable bonds is 7. The predicted molar refractivity (Wildman–Crippen MR) is 70.6 cm³/mol. The molecule has 4 nitrogen and oxygen atoms in total. The fourth-order valence-corrected chi connectivity index (χ4v) is 1.71. The molecule has 1 unspecified atom stereocenters. The van der Waals surface area contributed by atoms with Gasteiger partial charge in [-0.05, 0) is 44.4 Å². The van der Waals surface area contributed by atoms with E-state index in [1.54, 1.807) is 0 Å². The lowest BCUT2D eigenvalue weighted by molar-refractivity contribution is -0.137. The Morgan fingerprint density at radius 2 is 1.94 bits per heavy atom. The number of carboxylic acid groups (broad SMARTS) is 1. The van der Waals surface area contributed by atoms with E-state index in [9.17, 15) is 4.79 Å². The Bertz CT molecular complexity index is 373. The fraction of sp³-hybridized carbons (Fsp3) is 0.500. The molecule has 1 atom stereocenters. The van der Waals surface area contributed by atoms with Gasteiger partial charge in [0.1, 0.15) is 5.75 Å². The lowest BCUT2D eigenvalue weighted by atomic mass is 10.0. The molecule has 0 aliphatic heterocycles. The van der Waals surface area contributed by atoms with Gasteiger partial charge in [0.05, 0.1) is 6.10 Å². The van der Waals surface area contributed by atoms with Gasteiger partial charge in [0.25, 0.3) is 0 Å². The smallest absolute Gasteiger partial charge is 0.303 e. The molecule has 0 saturated carbocycles. The summed E-state index contributed by atoms with van der Waals surface area (Å²) in [6, 6.07) is 7.54. The van der Waals surface area contributed by atoms with Crippen molar-refractivity contribution >= 4 is 5.97 Å². The second-order valence-corrected chi connectivity index (χ2v) is 4.63. The van der Waals surface area contributed by atoms with Crippen LogP contribution in [0.15, 0.2) is 24.3 Å². The molecule has 4 heteroatoms. The predicted octanol–water partition coefficient (Wildman–Crippen LogP) is 2.73. The van der Waals surface area contributed by atoms with E-state index >= 15 is 0 Å². The molecule has 1 aromatic carbocycles. The van der Waals surface area contributed by atoms with Crippen molar-refractivity contribution in [3.05, 3.63) is 29.8 Å². The number of carboxylic acids is 1. The molecule has 0 aliphatic carbocycles. The summed E-state index contributed by atoms with van der Waals surface area (Å²) < 4.78 is 5.54. The van der Waals surface area contributed by atoms with Crippen molar-refractivity contribution in [3.63, 3.8) is 0 Å². The number of carbonyl (C=O) groups is 1. The monoisotopic (exact) mass is 251 g/mol. The minimum Gasteiger partial charge on any atom is -0.491 e. The highest BCUT2D eigenvalue weighted by atomic mass is 16.5. The Kier molecular flexibility index (Phi) is 5.65. The van der Waals surface area contributed by atoms with Gasteiger partial charge in [-0.25, -0.2) is 0 Å². The van der Waals surface area contributed by atoms with Crippen molar-refractivity contribution < 1.29 is 14.6 Å². The summed E-state index contributed by atoms with van der Waals surface area (Å²) in [4.78, 5) is 10.4. The van der Waals surface area contributed by atoms with Gasteiger partial charge in [0, 0.05) is 12.5 Å². The van der Waals surface area contributed by atoms with Crippen molar-refractivity contribution in [1.82, 2.24) is 0 Å². The summed E-state index contributed by atoms with van der Waals surface area (Å²) in [6.45, 7) is 3.96. The van der Waals surface area contributed by atoms with E-state index in [2.05, 4.69) is 0 Å². The quantitative estimate of drug-likeness (QED) is 0.781. The zero-order valence-corrected chi connectivity index (χ0v) is 10.9. The van der Waals surface area contributed by atoms with Crippen LogP contribution in [0.1, 0.15) is 44.7 Å². The highest BCUT2D eigenvalue weighted by Gasteiger charge is 2.07. The van der Waals surface area contributed by atoms with Gasteiger partial charge in [-0.3, -0.25) is 4.79 Å². The van der Waals surface area contributed by atoms with E-state index in [4.69, 9.17) is 15.6 Å². The summed E-state index contributed by atoms with van der Waals surface area (Å²) in [5.41, 5.74) is 7.01. The third-order valence-corrected chi connectivity index (χ3v) is 2.59. The first-order valence-electron chi connectivity index (χ1n) is 6.23. The van der Waals surface area contributed by atoms with E-state index in [-0.39, 0.29) is 18.6 Å². The Morgan fingerprint density at radius 1 is 1.33 bits per heavy atom. The number of hydrogen-bond donors (Lipinski definition) is 2. The average molecular weight is 251 g/mol. The molecule has 0 radical (unpaired) electrons. The largest absolute Gasteiger partial charge is 0.491 e. The van der Waals surface area contributed by atoms with Crippen LogP contribution in [0, 0.1) is 0 Å². The van der Waals surface area contributed by atoms with Crippen LogP contribution in [0.3, 0.4) is 0 Å². The van der Waals surface area contributed by atoms with Crippen LogP contribution in [0.5, 0.6) is 5.75 Å². The average Bonchev–Trinajstić information content (AvgIpc) is 2.28. The molecule has 0 fully saturated rings. The van der Waals surface area contributed by atoms with Gasteiger partial charge >= 0.3 is 5.97 Å². The first-order valence-corrected chi connectivity index (χ1v) is 6.23. The topological polar surface area (TPSA) is 72.5 Å². The van der Waals surface area contributed by atoms with E-state index in [1.165, 1.54) is 0 Å². The third-order valence-electron chi connectivity index (χ3n) is 2.59. The molecular weight excluding hydrogens is 230 g/mol. The molecule has 100 valence electrons. The van der Waals surface area contributed by atoms with Crippen molar-refractivity contribution in [2.75, 3.05) is 0 Å². The molecule has 0 aromatic heterocycles. The molecule has 0 spiro atoms. The van der Waals surface area contributed by atoms with E-state index in [1.807, 2.05) is 38.1 Å². The van der Waals surface area contributed by atoms with Crippen molar-refractivity contribution in [1.29, 1.82) is 0 Å². The van der Waals surface area contributed by atoms with E-state index in [0.717, 1.165) is 11.3 Å². The van der Waals surface area contributed by atoms with Crippen LogP contribution in [0.25, 0.3) is 0 Å². The molecule has 18 heavy (non-hydrogen) atoms. The summed E-state index contributed by atoms with van der Waals surface area (Å²) in [5, 5.41) is 8.56. The Hall–Kier alpha value is -1.55. The highest BCUT2D eigenvalue weighted by molar-refractivity contribution is 5.66. The zero-order valence-electron chi connectivity index (χ0n) is 10.9. The lowest BCUT2D eigenvalue weighted by Crippen LogP contribution is -2.11. The van der Waals surface area contributed by atoms with Crippen LogP contribution in [0.4, 0.5) is 0 Å². The standard InChI is InChI=1S/C14H21NO3/c1-10(2)18-12-8-6-11(7-9-12)13(15)4-3-5-14(16)17/h6-10,13H,3-5,15H2,1-2H3,(H,16,17). The third kappa shape index (κ3) is 5.19. The summed E-state index contributed by atoms with van der Waals surface area (Å²) in [5.74, 6) is 0.0503. The Morgan fingerprint density at radius 3 is 2.44 bits per heavy atom. The summed E-state index contributed by atoms with van der Waals surface area (Å²) in [7, 11) is 0. The maximum absolute atomic E-state index is 10.4. The second-order valence-electron chi connectivity index (χ2n) is 4.63. The first kappa shape index (κ1) is 14.5. The molecule has 0 amide bonds. The molecule has 3 N–H and O–H groups in total. The molecule has 0 heterocycles. The van der Waals surface area contributed by atoms with Gasteiger partial charge < -0.3 is 15.6 Å². The first-order chi connectivity index (χ1) is 8.49. The van der Waals surface area contributed by atoms with Gasteiger partial charge in [0.15, 0.2) is 0 Å². The second kappa shape index (κ2) is 7.01. The molecular formula is C14H21NO3. The van der Waals surface area contributed by atoms with Crippen LogP contribution < -0.4 is 10.5 Å². The number of benzene rings is 1. The lowest BCUT2D eigenvalue weighted by Gasteiger charge is -2.13. The number of nitrogens with two attached hydrogens (primary N) is 1. The number of aliphatic carboxylic acids is 1. The van der Waals surface area contributed by atoms with E-state index in [0.29, 0.717) is 12.8 Å². The SMILES string of the molecule is CC(C)Oc1ccc(C(N)CCCC(=O)O)cc1. The summed E-state index contributed by atoms with van der Waals surface area (Å²) in [6.07, 6.45) is 1.60. The molecule has 0 saturated heterocycles. The zero-order chi connectivity index (χ0) is 13.5. The number of hydrogen-bond acceptors (Lipinski definition) is 3. The van der Waals surface area contributed by atoms with Crippen molar-refractivity contribution in [3.8, 4) is 5.75 Å². The maximum atomic E-state index is 10.4. The maximum Gasteiger partial charge on any atom is 0.303 e. The van der Waals surface area contributed by atoms with Crippen molar-refractivity contribution in [2.24, 2.45) is 5.73 Å². The molecule has 1 rings (SSSR count). The normalized spacial score (nSPS) is 12.4. The summed E-state index contributed by atoms with van der Waals surface area (Å²) >= 11 is 0. The molecule has 1 aromatic rings. The van der Waals surface area contributed by atoms with Crippen LogP contribution in [0.2, 0.25) is 0 Å². The fourth-order valence-electron chi connectivity index (χ4n) is 1.71. The van der Waals surface area contributed by atoms with Crippen LogP contribution in [-0.4, -0.2) is 17.2 Å². The minimum atomic E-state index is -0.775.